The lowest BCUT2D eigenvalue weighted by atomic mass is 9.84. The van der Waals surface area contributed by atoms with Crippen molar-refractivity contribution in [3.05, 3.63) is 23.8 Å². The van der Waals surface area contributed by atoms with Crippen LogP contribution >= 0.6 is 0 Å². The minimum Gasteiger partial charge on any atom is -0.322 e. The molecule has 12 heavy (non-hydrogen) atoms. The number of hydrogen-bond donors (Lipinski definition) is 1. The molecule has 0 radical (unpaired) electrons. The molecule has 2 N–H and O–H groups in total. The fourth-order valence-electron chi connectivity index (χ4n) is 2.34. The Balaban J connectivity index is 2.16. The second kappa shape index (κ2) is 3.06. The van der Waals surface area contributed by atoms with Gasteiger partial charge in [0, 0.05) is 5.54 Å². The number of allylic oxidation sites excluding steroid dienone is 3. The van der Waals surface area contributed by atoms with Gasteiger partial charge in [-0.25, -0.2) is 0 Å². The van der Waals surface area contributed by atoms with Gasteiger partial charge in [0.1, 0.15) is 0 Å². The van der Waals surface area contributed by atoms with E-state index in [1.165, 1.54) is 44.1 Å². The van der Waals surface area contributed by atoms with Crippen molar-refractivity contribution in [3.8, 4) is 0 Å². The summed E-state index contributed by atoms with van der Waals surface area (Å²) < 4.78 is 0. The summed E-state index contributed by atoms with van der Waals surface area (Å²) in [7, 11) is 0. The highest BCUT2D eigenvalue weighted by molar-refractivity contribution is 5.28. The molecule has 1 fully saturated rings. The summed E-state index contributed by atoms with van der Waals surface area (Å²) in [6.45, 7) is 0. The smallest absolute Gasteiger partial charge is 0.0371 e. The SMILES string of the molecule is NC1(C2=CC=CCC2)CCCC1. The summed E-state index contributed by atoms with van der Waals surface area (Å²) in [5.74, 6) is 0. The van der Waals surface area contributed by atoms with Crippen LogP contribution in [-0.4, -0.2) is 5.54 Å². The first-order chi connectivity index (χ1) is 5.81. The molecule has 1 saturated carbocycles. The van der Waals surface area contributed by atoms with E-state index in [2.05, 4.69) is 18.2 Å². The summed E-state index contributed by atoms with van der Waals surface area (Å²) in [5.41, 5.74) is 7.89. The average molecular weight is 163 g/mol. The predicted octanol–water partition coefficient (Wildman–Crippen LogP) is 2.53. The van der Waals surface area contributed by atoms with Crippen LogP contribution in [0.25, 0.3) is 0 Å². The molecule has 1 heteroatoms. The van der Waals surface area contributed by atoms with Gasteiger partial charge in [0.15, 0.2) is 0 Å². The Labute approximate surface area is 74.3 Å². The molecule has 2 rings (SSSR count). The molecule has 0 bridgehead atoms. The molecular formula is C11H17N. The molecule has 0 aromatic rings. The van der Waals surface area contributed by atoms with Crippen LogP contribution in [0.3, 0.4) is 0 Å². The van der Waals surface area contributed by atoms with Gasteiger partial charge in [0.25, 0.3) is 0 Å². The lowest BCUT2D eigenvalue weighted by molar-refractivity contribution is 0.496. The molecule has 0 aromatic carbocycles. The molecule has 0 amide bonds. The van der Waals surface area contributed by atoms with Gasteiger partial charge >= 0.3 is 0 Å². The van der Waals surface area contributed by atoms with E-state index < -0.39 is 0 Å². The zero-order valence-electron chi connectivity index (χ0n) is 7.55. The Kier molecular flexibility index (Phi) is 2.05. The van der Waals surface area contributed by atoms with Gasteiger partial charge in [0.2, 0.25) is 0 Å². The first kappa shape index (κ1) is 8.06. The largest absolute Gasteiger partial charge is 0.322 e. The average Bonchev–Trinajstić information content (AvgIpc) is 2.55. The molecule has 2 aliphatic carbocycles. The van der Waals surface area contributed by atoms with Crippen LogP contribution in [0, 0.1) is 0 Å². The number of hydrogen-bond acceptors (Lipinski definition) is 1. The molecule has 2 aliphatic rings. The van der Waals surface area contributed by atoms with Gasteiger partial charge in [-0.1, -0.05) is 36.6 Å². The Hall–Kier alpha value is -0.560. The van der Waals surface area contributed by atoms with Gasteiger partial charge in [-0.15, -0.1) is 0 Å². The lowest BCUT2D eigenvalue weighted by Crippen LogP contribution is -2.38. The third-order valence-corrected chi connectivity index (χ3v) is 3.15. The summed E-state index contributed by atoms with van der Waals surface area (Å²) in [4.78, 5) is 0. The van der Waals surface area contributed by atoms with E-state index in [9.17, 15) is 0 Å². The maximum atomic E-state index is 6.33. The minimum atomic E-state index is 0.0742. The van der Waals surface area contributed by atoms with Crippen molar-refractivity contribution in [1.82, 2.24) is 0 Å². The van der Waals surface area contributed by atoms with E-state index in [-0.39, 0.29) is 5.54 Å². The quantitative estimate of drug-likeness (QED) is 0.631. The first-order valence-electron chi connectivity index (χ1n) is 4.96. The molecule has 0 aromatic heterocycles. The number of nitrogens with two attached hydrogens (primary N) is 1. The first-order valence-corrected chi connectivity index (χ1v) is 4.96. The van der Waals surface area contributed by atoms with Crippen LogP contribution in [0.5, 0.6) is 0 Å². The highest BCUT2D eigenvalue weighted by Gasteiger charge is 2.32. The summed E-state index contributed by atoms with van der Waals surface area (Å²) in [5, 5.41) is 0. The third kappa shape index (κ3) is 1.34. The maximum Gasteiger partial charge on any atom is 0.0371 e. The molecule has 0 spiro atoms. The van der Waals surface area contributed by atoms with Crippen molar-refractivity contribution >= 4 is 0 Å². The monoisotopic (exact) mass is 163 g/mol. The van der Waals surface area contributed by atoms with Gasteiger partial charge < -0.3 is 5.73 Å². The van der Waals surface area contributed by atoms with E-state index in [1.807, 2.05) is 0 Å². The minimum absolute atomic E-state index is 0.0742. The highest BCUT2D eigenvalue weighted by Crippen LogP contribution is 2.36. The Morgan fingerprint density at radius 1 is 1.25 bits per heavy atom. The summed E-state index contributed by atoms with van der Waals surface area (Å²) >= 11 is 0. The molecule has 0 heterocycles. The molecule has 66 valence electrons. The molecule has 1 nitrogen and oxygen atoms in total. The van der Waals surface area contributed by atoms with Gasteiger partial charge in [-0.2, -0.15) is 0 Å². The van der Waals surface area contributed by atoms with E-state index in [1.54, 1.807) is 0 Å². The molecule has 0 atom stereocenters. The second-order valence-electron chi connectivity index (χ2n) is 4.02. The Morgan fingerprint density at radius 3 is 2.58 bits per heavy atom. The van der Waals surface area contributed by atoms with Crippen LogP contribution in [-0.2, 0) is 0 Å². The van der Waals surface area contributed by atoms with Crippen LogP contribution in [0.15, 0.2) is 23.8 Å². The van der Waals surface area contributed by atoms with Crippen LogP contribution in [0.1, 0.15) is 38.5 Å². The zero-order valence-corrected chi connectivity index (χ0v) is 7.55. The second-order valence-corrected chi connectivity index (χ2v) is 4.02. The predicted molar refractivity (Wildman–Crippen MR) is 51.8 cm³/mol. The fraction of sp³-hybridized carbons (Fsp3) is 0.636. The summed E-state index contributed by atoms with van der Waals surface area (Å²) in [6, 6.07) is 0. The highest BCUT2D eigenvalue weighted by atomic mass is 14.8. The zero-order chi connectivity index (χ0) is 8.44. The topological polar surface area (TPSA) is 26.0 Å². The lowest BCUT2D eigenvalue weighted by Gasteiger charge is -2.28. The third-order valence-electron chi connectivity index (χ3n) is 3.15. The van der Waals surface area contributed by atoms with Crippen molar-refractivity contribution in [2.45, 2.75) is 44.1 Å². The van der Waals surface area contributed by atoms with Crippen LogP contribution < -0.4 is 5.73 Å². The fourth-order valence-corrected chi connectivity index (χ4v) is 2.34. The molecular weight excluding hydrogens is 146 g/mol. The van der Waals surface area contributed by atoms with E-state index >= 15 is 0 Å². The van der Waals surface area contributed by atoms with E-state index in [0.29, 0.717) is 0 Å². The van der Waals surface area contributed by atoms with Crippen molar-refractivity contribution in [1.29, 1.82) is 0 Å². The van der Waals surface area contributed by atoms with Gasteiger partial charge in [-0.05, 0) is 25.7 Å². The normalized spacial score (nSPS) is 27.2. The van der Waals surface area contributed by atoms with Crippen LogP contribution in [0.4, 0.5) is 0 Å². The van der Waals surface area contributed by atoms with Crippen molar-refractivity contribution in [2.75, 3.05) is 0 Å². The van der Waals surface area contributed by atoms with Crippen molar-refractivity contribution < 1.29 is 0 Å². The molecule has 0 aliphatic heterocycles. The van der Waals surface area contributed by atoms with Crippen molar-refractivity contribution in [2.24, 2.45) is 5.73 Å². The Morgan fingerprint density at radius 2 is 2.00 bits per heavy atom. The van der Waals surface area contributed by atoms with Crippen molar-refractivity contribution in [3.63, 3.8) is 0 Å². The van der Waals surface area contributed by atoms with E-state index in [0.717, 1.165) is 0 Å². The van der Waals surface area contributed by atoms with Gasteiger partial charge in [-0.3, -0.25) is 0 Å². The molecule has 0 unspecified atom stereocenters. The van der Waals surface area contributed by atoms with Crippen LogP contribution in [0.2, 0.25) is 0 Å². The maximum absolute atomic E-state index is 6.33. The van der Waals surface area contributed by atoms with Gasteiger partial charge in [0.05, 0.1) is 0 Å². The molecule has 0 saturated heterocycles. The summed E-state index contributed by atoms with van der Waals surface area (Å²) in [6.07, 6.45) is 14.0. The van der Waals surface area contributed by atoms with E-state index in [4.69, 9.17) is 5.73 Å². The number of rotatable bonds is 1. The Bertz CT molecular complexity index is 219. The standard InChI is InChI=1S/C11H17N/c12-11(8-4-5-9-11)10-6-2-1-3-7-10/h1-2,6H,3-5,7-9,12H2.